The molecule has 19 heavy (non-hydrogen) atoms. The lowest BCUT2D eigenvalue weighted by atomic mass is 9.94. The van der Waals surface area contributed by atoms with E-state index in [9.17, 15) is 18.0 Å². The number of aliphatic hydroxyl groups is 1. The number of piperidine rings is 1. The first-order chi connectivity index (χ1) is 8.84. The van der Waals surface area contributed by atoms with Crippen LogP contribution in [0.5, 0.6) is 0 Å². The maximum Gasteiger partial charge on any atom is 0.471 e. The molecule has 112 valence electrons. The molecule has 2 N–H and O–H groups in total. The summed E-state index contributed by atoms with van der Waals surface area (Å²) in [5.41, 5.74) is 0. The average molecular weight is 282 g/mol. The van der Waals surface area contributed by atoms with E-state index in [2.05, 4.69) is 11.8 Å². The van der Waals surface area contributed by atoms with E-state index in [1.165, 1.54) is 0 Å². The summed E-state index contributed by atoms with van der Waals surface area (Å²) >= 11 is 0. The normalized spacial score (nSPS) is 25.3. The highest BCUT2D eigenvalue weighted by atomic mass is 19.4. The van der Waals surface area contributed by atoms with Crippen molar-refractivity contribution in [1.29, 1.82) is 0 Å². The SMILES string of the molecule is CC1CCC(CO)CN1CCCNC(=O)C(F)(F)F. The van der Waals surface area contributed by atoms with E-state index in [4.69, 9.17) is 5.11 Å². The molecule has 1 aliphatic rings. The van der Waals surface area contributed by atoms with Gasteiger partial charge in [0.2, 0.25) is 0 Å². The van der Waals surface area contributed by atoms with Gasteiger partial charge in [-0.05, 0) is 32.1 Å². The maximum absolute atomic E-state index is 11.9. The van der Waals surface area contributed by atoms with Crippen LogP contribution in [0.1, 0.15) is 26.2 Å². The Kier molecular flexibility index (Phi) is 6.06. The molecule has 1 heterocycles. The first-order valence-electron chi connectivity index (χ1n) is 6.54. The highest BCUT2D eigenvalue weighted by Crippen LogP contribution is 2.21. The first kappa shape index (κ1) is 16.2. The number of aliphatic hydroxyl groups excluding tert-OH is 1. The van der Waals surface area contributed by atoms with Crippen molar-refractivity contribution in [2.75, 3.05) is 26.2 Å². The molecular weight excluding hydrogens is 261 g/mol. The highest BCUT2D eigenvalue weighted by molar-refractivity contribution is 5.81. The molecule has 1 amide bonds. The molecule has 0 aliphatic carbocycles. The van der Waals surface area contributed by atoms with Gasteiger partial charge in [-0.3, -0.25) is 4.79 Å². The van der Waals surface area contributed by atoms with Crippen LogP contribution in [0.4, 0.5) is 13.2 Å². The fraction of sp³-hybridized carbons (Fsp3) is 0.917. The van der Waals surface area contributed by atoms with Crippen LogP contribution in [0.3, 0.4) is 0 Å². The highest BCUT2D eigenvalue weighted by Gasteiger charge is 2.38. The zero-order valence-electron chi connectivity index (χ0n) is 11.0. The molecule has 0 aromatic heterocycles. The van der Waals surface area contributed by atoms with Crippen LogP contribution in [0, 0.1) is 5.92 Å². The smallest absolute Gasteiger partial charge is 0.396 e. The molecule has 0 bridgehead atoms. The molecule has 0 radical (unpaired) electrons. The predicted octanol–water partition coefficient (Wildman–Crippen LogP) is 1.15. The molecular formula is C12H21F3N2O2. The zero-order valence-corrected chi connectivity index (χ0v) is 11.0. The number of nitrogens with one attached hydrogen (secondary N) is 1. The third kappa shape index (κ3) is 5.36. The van der Waals surface area contributed by atoms with Gasteiger partial charge in [-0.25, -0.2) is 0 Å². The summed E-state index contributed by atoms with van der Waals surface area (Å²) in [6, 6.07) is 0.376. The molecule has 4 nitrogen and oxygen atoms in total. The quantitative estimate of drug-likeness (QED) is 0.744. The summed E-state index contributed by atoms with van der Waals surface area (Å²) < 4.78 is 35.8. The Morgan fingerprint density at radius 2 is 2.11 bits per heavy atom. The minimum atomic E-state index is -4.81. The number of halogens is 3. The van der Waals surface area contributed by atoms with Crippen LogP contribution < -0.4 is 5.32 Å². The average Bonchev–Trinajstić information content (AvgIpc) is 2.35. The molecule has 7 heteroatoms. The largest absolute Gasteiger partial charge is 0.471 e. The van der Waals surface area contributed by atoms with E-state index < -0.39 is 12.1 Å². The Hall–Kier alpha value is -0.820. The van der Waals surface area contributed by atoms with Gasteiger partial charge < -0.3 is 15.3 Å². The van der Waals surface area contributed by atoms with Gasteiger partial charge >= 0.3 is 12.1 Å². The Labute approximate surface area is 111 Å². The van der Waals surface area contributed by atoms with Crippen LogP contribution in [0.25, 0.3) is 0 Å². The Balaban J connectivity index is 2.23. The molecule has 0 saturated carbocycles. The molecule has 1 aliphatic heterocycles. The second kappa shape index (κ2) is 7.09. The molecule has 1 saturated heterocycles. The Morgan fingerprint density at radius 1 is 1.42 bits per heavy atom. The third-order valence-electron chi connectivity index (χ3n) is 3.53. The van der Waals surface area contributed by atoms with E-state index >= 15 is 0 Å². The molecule has 2 atom stereocenters. The lowest BCUT2D eigenvalue weighted by Crippen LogP contribution is -2.44. The predicted molar refractivity (Wildman–Crippen MR) is 64.5 cm³/mol. The van der Waals surface area contributed by atoms with E-state index in [0.29, 0.717) is 19.0 Å². The lowest BCUT2D eigenvalue weighted by Gasteiger charge is -2.37. The second-order valence-corrected chi connectivity index (χ2v) is 5.08. The number of amides is 1. The van der Waals surface area contributed by atoms with Gasteiger partial charge in [0.25, 0.3) is 0 Å². The fourth-order valence-corrected chi connectivity index (χ4v) is 2.31. The van der Waals surface area contributed by atoms with Crippen molar-refractivity contribution in [2.45, 2.75) is 38.4 Å². The molecule has 1 fully saturated rings. The van der Waals surface area contributed by atoms with Crippen molar-refractivity contribution >= 4 is 5.91 Å². The van der Waals surface area contributed by atoms with Crippen molar-refractivity contribution < 1.29 is 23.1 Å². The van der Waals surface area contributed by atoms with Gasteiger partial charge in [0.15, 0.2) is 0 Å². The van der Waals surface area contributed by atoms with Crippen molar-refractivity contribution in [1.82, 2.24) is 10.2 Å². The van der Waals surface area contributed by atoms with Crippen LogP contribution in [0.15, 0.2) is 0 Å². The summed E-state index contributed by atoms with van der Waals surface area (Å²) in [6.07, 6.45) is -2.36. The van der Waals surface area contributed by atoms with Crippen LogP contribution in [0.2, 0.25) is 0 Å². The summed E-state index contributed by atoms with van der Waals surface area (Å²) in [5, 5.41) is 11.0. The fourth-order valence-electron chi connectivity index (χ4n) is 2.31. The van der Waals surface area contributed by atoms with Gasteiger partial charge in [0.05, 0.1) is 0 Å². The van der Waals surface area contributed by atoms with E-state index in [1.54, 1.807) is 0 Å². The number of alkyl halides is 3. The Bertz CT molecular complexity index is 297. The topological polar surface area (TPSA) is 52.6 Å². The van der Waals surface area contributed by atoms with Gasteiger partial charge in [-0.2, -0.15) is 13.2 Å². The minimum absolute atomic E-state index is 0.0192. The summed E-state index contributed by atoms with van der Waals surface area (Å²) in [7, 11) is 0. The lowest BCUT2D eigenvalue weighted by molar-refractivity contribution is -0.173. The van der Waals surface area contributed by atoms with Crippen LogP contribution in [-0.4, -0.2) is 54.4 Å². The van der Waals surface area contributed by atoms with Crippen molar-refractivity contribution in [3.63, 3.8) is 0 Å². The van der Waals surface area contributed by atoms with Crippen molar-refractivity contribution in [3.8, 4) is 0 Å². The molecule has 0 aromatic rings. The summed E-state index contributed by atoms with van der Waals surface area (Å²) in [6.45, 7) is 3.64. The van der Waals surface area contributed by atoms with Crippen molar-refractivity contribution in [3.05, 3.63) is 0 Å². The summed E-state index contributed by atoms with van der Waals surface area (Å²) in [4.78, 5) is 12.8. The number of carbonyl (C=O) groups is 1. The summed E-state index contributed by atoms with van der Waals surface area (Å²) in [5.74, 6) is -1.63. The first-order valence-corrected chi connectivity index (χ1v) is 6.54. The molecule has 0 spiro atoms. The van der Waals surface area contributed by atoms with Gasteiger partial charge in [0, 0.05) is 32.3 Å². The van der Waals surface area contributed by atoms with E-state index in [-0.39, 0.29) is 19.1 Å². The van der Waals surface area contributed by atoms with E-state index in [0.717, 1.165) is 19.4 Å². The van der Waals surface area contributed by atoms with Crippen LogP contribution >= 0.6 is 0 Å². The van der Waals surface area contributed by atoms with Crippen LogP contribution in [-0.2, 0) is 4.79 Å². The number of carbonyl (C=O) groups excluding carboxylic acids is 1. The number of hydrogen-bond donors (Lipinski definition) is 2. The van der Waals surface area contributed by atoms with Gasteiger partial charge in [-0.15, -0.1) is 0 Å². The Morgan fingerprint density at radius 3 is 2.68 bits per heavy atom. The van der Waals surface area contributed by atoms with Gasteiger partial charge in [-0.1, -0.05) is 0 Å². The number of likely N-dealkylation sites (tertiary alicyclic amines) is 1. The zero-order chi connectivity index (χ0) is 14.5. The molecule has 1 rings (SSSR count). The monoisotopic (exact) mass is 282 g/mol. The second-order valence-electron chi connectivity index (χ2n) is 5.08. The number of nitrogens with zero attached hydrogens (tertiary/aromatic N) is 1. The standard InChI is InChI=1S/C12H21F3N2O2/c1-9-3-4-10(8-18)7-17(9)6-2-5-16-11(19)12(13,14)15/h9-10,18H,2-8H2,1H3,(H,16,19). The molecule has 2 unspecified atom stereocenters. The maximum atomic E-state index is 11.9. The van der Waals surface area contributed by atoms with Crippen molar-refractivity contribution in [2.24, 2.45) is 5.92 Å². The third-order valence-corrected chi connectivity index (χ3v) is 3.53. The van der Waals surface area contributed by atoms with Gasteiger partial charge in [0.1, 0.15) is 0 Å². The number of hydrogen-bond acceptors (Lipinski definition) is 3. The number of rotatable bonds is 5. The minimum Gasteiger partial charge on any atom is -0.396 e. The molecule has 0 aromatic carbocycles. The van der Waals surface area contributed by atoms with E-state index in [1.807, 2.05) is 5.32 Å².